The molecule has 0 fully saturated rings. The summed E-state index contributed by atoms with van der Waals surface area (Å²) in [5.41, 5.74) is 2.66. The van der Waals surface area contributed by atoms with Crippen LogP contribution in [0.15, 0.2) is 23.0 Å². The van der Waals surface area contributed by atoms with Gasteiger partial charge in [-0.15, -0.1) is 0 Å². The van der Waals surface area contributed by atoms with E-state index in [1.807, 2.05) is 25.1 Å². The maximum absolute atomic E-state index is 12.0. The lowest BCUT2D eigenvalue weighted by Gasteiger charge is -2.10. The number of benzene rings is 1. The minimum absolute atomic E-state index is 0.0957. The van der Waals surface area contributed by atoms with E-state index in [1.165, 1.54) is 0 Å². The number of nitrogens with one attached hydrogen (secondary N) is 1. The van der Waals surface area contributed by atoms with E-state index in [4.69, 9.17) is 4.74 Å². The molecule has 1 N–H and O–H groups in total. The van der Waals surface area contributed by atoms with Crippen LogP contribution in [0.25, 0.3) is 11.4 Å². The third-order valence-electron chi connectivity index (χ3n) is 3.03. The van der Waals surface area contributed by atoms with E-state index in [0.717, 1.165) is 35.4 Å². The molecule has 5 heteroatoms. The summed E-state index contributed by atoms with van der Waals surface area (Å²) < 4.78 is 6.05. The van der Waals surface area contributed by atoms with Gasteiger partial charge in [-0.2, -0.15) is 0 Å². The van der Waals surface area contributed by atoms with Gasteiger partial charge in [-0.3, -0.25) is 4.79 Å². The highest BCUT2D eigenvalue weighted by molar-refractivity contribution is 14.1. The van der Waals surface area contributed by atoms with Crippen LogP contribution in [-0.2, 0) is 6.42 Å². The monoisotopic (exact) mass is 384 g/mol. The number of aryl methyl sites for hydroxylation is 2. The highest BCUT2D eigenvalue weighted by atomic mass is 127. The lowest BCUT2D eigenvalue weighted by Crippen LogP contribution is -2.16. The first kappa shape index (κ1) is 15.0. The van der Waals surface area contributed by atoms with Gasteiger partial charge in [0.1, 0.15) is 11.6 Å². The van der Waals surface area contributed by atoms with Crippen LogP contribution in [0.5, 0.6) is 5.75 Å². The Labute approximate surface area is 131 Å². The van der Waals surface area contributed by atoms with E-state index < -0.39 is 0 Å². The van der Waals surface area contributed by atoms with Crippen LogP contribution in [0.1, 0.15) is 24.6 Å². The number of H-pyrrole nitrogens is 1. The maximum Gasteiger partial charge on any atom is 0.264 e. The van der Waals surface area contributed by atoms with Gasteiger partial charge in [0.15, 0.2) is 0 Å². The number of aromatic nitrogens is 2. The van der Waals surface area contributed by atoms with Gasteiger partial charge in [-0.05, 0) is 53.6 Å². The first-order chi connectivity index (χ1) is 9.56. The van der Waals surface area contributed by atoms with Crippen LogP contribution in [0.4, 0.5) is 0 Å². The SMILES string of the molecule is CCCc1nc(-c2ccc(C)cc2OC)[nH]c(=O)c1I. The molecular weight excluding hydrogens is 367 g/mol. The number of nitrogens with zero attached hydrogens (tertiary/aromatic N) is 1. The second-order valence-electron chi connectivity index (χ2n) is 4.63. The molecule has 2 rings (SSSR count). The number of hydrogen-bond acceptors (Lipinski definition) is 3. The van der Waals surface area contributed by atoms with Crippen LogP contribution >= 0.6 is 22.6 Å². The third-order valence-corrected chi connectivity index (χ3v) is 4.14. The standard InChI is InChI=1S/C15H17IN2O2/c1-4-5-11-13(16)15(19)18-14(17-11)10-7-6-9(2)8-12(10)20-3/h6-8H,4-5H2,1-3H3,(H,17,18,19). The molecule has 0 bridgehead atoms. The number of halogens is 1. The zero-order valence-electron chi connectivity index (χ0n) is 11.8. The van der Waals surface area contributed by atoms with Crippen LogP contribution < -0.4 is 10.3 Å². The van der Waals surface area contributed by atoms with Crippen molar-refractivity contribution in [1.29, 1.82) is 0 Å². The predicted molar refractivity (Wildman–Crippen MR) is 88.3 cm³/mol. The van der Waals surface area contributed by atoms with Crippen molar-refractivity contribution in [3.05, 3.63) is 43.4 Å². The van der Waals surface area contributed by atoms with Crippen molar-refractivity contribution in [2.24, 2.45) is 0 Å². The number of hydrogen-bond donors (Lipinski definition) is 1. The fraction of sp³-hybridized carbons (Fsp3) is 0.333. The van der Waals surface area contributed by atoms with Crippen LogP contribution in [0.3, 0.4) is 0 Å². The fourth-order valence-corrected chi connectivity index (χ4v) is 2.55. The van der Waals surface area contributed by atoms with Crippen LogP contribution in [0, 0.1) is 10.5 Å². The quantitative estimate of drug-likeness (QED) is 0.823. The molecule has 1 aromatic heterocycles. The summed E-state index contributed by atoms with van der Waals surface area (Å²) in [5.74, 6) is 1.28. The first-order valence-electron chi connectivity index (χ1n) is 6.50. The molecule has 0 saturated carbocycles. The van der Waals surface area contributed by atoms with E-state index in [2.05, 4.69) is 39.5 Å². The van der Waals surface area contributed by atoms with Gasteiger partial charge in [-0.25, -0.2) is 4.98 Å². The topological polar surface area (TPSA) is 55.0 Å². The summed E-state index contributed by atoms with van der Waals surface area (Å²) in [6.45, 7) is 4.07. The first-order valence-corrected chi connectivity index (χ1v) is 7.58. The van der Waals surface area contributed by atoms with E-state index >= 15 is 0 Å². The Morgan fingerprint density at radius 1 is 1.40 bits per heavy atom. The lowest BCUT2D eigenvalue weighted by atomic mass is 10.1. The van der Waals surface area contributed by atoms with E-state index in [9.17, 15) is 4.79 Å². The fourth-order valence-electron chi connectivity index (χ4n) is 2.03. The molecule has 0 spiro atoms. The molecular formula is C15H17IN2O2. The van der Waals surface area contributed by atoms with Crippen molar-refractivity contribution in [3.63, 3.8) is 0 Å². The van der Waals surface area contributed by atoms with E-state index in [0.29, 0.717) is 9.39 Å². The zero-order chi connectivity index (χ0) is 14.7. The van der Waals surface area contributed by atoms with E-state index in [-0.39, 0.29) is 5.56 Å². The summed E-state index contributed by atoms with van der Waals surface area (Å²) in [6.07, 6.45) is 1.75. The van der Waals surface area contributed by atoms with Crippen LogP contribution in [-0.4, -0.2) is 17.1 Å². The zero-order valence-corrected chi connectivity index (χ0v) is 13.9. The Morgan fingerprint density at radius 3 is 2.80 bits per heavy atom. The second-order valence-corrected chi connectivity index (χ2v) is 5.71. The molecule has 0 radical (unpaired) electrons. The van der Waals surface area contributed by atoms with Gasteiger partial charge in [0.05, 0.1) is 21.9 Å². The summed E-state index contributed by atoms with van der Waals surface area (Å²) >= 11 is 2.05. The largest absolute Gasteiger partial charge is 0.496 e. The van der Waals surface area contributed by atoms with Crippen molar-refractivity contribution in [2.45, 2.75) is 26.7 Å². The molecule has 1 heterocycles. The molecule has 106 valence electrons. The highest BCUT2D eigenvalue weighted by Crippen LogP contribution is 2.28. The van der Waals surface area contributed by atoms with Crippen molar-refractivity contribution in [2.75, 3.05) is 7.11 Å². The van der Waals surface area contributed by atoms with Gasteiger partial charge in [0.25, 0.3) is 5.56 Å². The maximum atomic E-state index is 12.0. The Bertz CT molecular complexity index is 680. The third kappa shape index (κ3) is 3.03. The average molecular weight is 384 g/mol. The van der Waals surface area contributed by atoms with Crippen molar-refractivity contribution >= 4 is 22.6 Å². The summed E-state index contributed by atoms with van der Waals surface area (Å²) in [7, 11) is 1.62. The molecule has 0 saturated heterocycles. The Morgan fingerprint density at radius 2 is 2.15 bits per heavy atom. The van der Waals surface area contributed by atoms with Crippen molar-refractivity contribution in [1.82, 2.24) is 9.97 Å². The molecule has 0 atom stereocenters. The molecule has 4 nitrogen and oxygen atoms in total. The van der Waals surface area contributed by atoms with Gasteiger partial charge in [-0.1, -0.05) is 19.4 Å². The van der Waals surface area contributed by atoms with Crippen molar-refractivity contribution < 1.29 is 4.74 Å². The molecule has 0 aliphatic rings. The predicted octanol–water partition coefficient (Wildman–Crippen LogP) is 3.31. The van der Waals surface area contributed by atoms with Crippen molar-refractivity contribution in [3.8, 4) is 17.1 Å². The molecule has 0 aliphatic heterocycles. The number of rotatable bonds is 4. The van der Waals surface area contributed by atoms with Crippen LogP contribution in [0.2, 0.25) is 0 Å². The molecule has 1 aromatic carbocycles. The summed E-state index contributed by atoms with van der Waals surface area (Å²) in [5, 5.41) is 0. The molecule has 0 aliphatic carbocycles. The minimum Gasteiger partial charge on any atom is -0.496 e. The van der Waals surface area contributed by atoms with Gasteiger partial charge < -0.3 is 9.72 Å². The second kappa shape index (κ2) is 6.39. The summed E-state index contributed by atoms with van der Waals surface area (Å²) in [4.78, 5) is 19.5. The number of aromatic amines is 1. The smallest absolute Gasteiger partial charge is 0.264 e. The number of methoxy groups -OCH3 is 1. The lowest BCUT2D eigenvalue weighted by molar-refractivity contribution is 0.416. The molecule has 20 heavy (non-hydrogen) atoms. The molecule has 0 unspecified atom stereocenters. The minimum atomic E-state index is -0.0957. The molecule has 2 aromatic rings. The average Bonchev–Trinajstić information content (AvgIpc) is 2.43. The molecule has 0 amide bonds. The number of ether oxygens (including phenoxy) is 1. The van der Waals surface area contributed by atoms with E-state index in [1.54, 1.807) is 7.11 Å². The van der Waals surface area contributed by atoms with Gasteiger partial charge >= 0.3 is 0 Å². The van der Waals surface area contributed by atoms with Gasteiger partial charge in [0.2, 0.25) is 0 Å². The van der Waals surface area contributed by atoms with Gasteiger partial charge in [0, 0.05) is 0 Å². The normalized spacial score (nSPS) is 10.6. The Kier molecular flexibility index (Phi) is 4.80. The Hall–Kier alpha value is -1.37. The summed E-state index contributed by atoms with van der Waals surface area (Å²) in [6, 6.07) is 5.84. The Balaban J connectivity index is 2.61. The highest BCUT2D eigenvalue weighted by Gasteiger charge is 2.13.